The fourth-order valence-corrected chi connectivity index (χ4v) is 3.71. The summed E-state index contributed by atoms with van der Waals surface area (Å²) in [5.74, 6) is 0.627. The van der Waals surface area contributed by atoms with Crippen molar-refractivity contribution in [1.29, 1.82) is 0 Å². The van der Waals surface area contributed by atoms with E-state index < -0.39 is 0 Å². The van der Waals surface area contributed by atoms with E-state index >= 15 is 0 Å². The van der Waals surface area contributed by atoms with Crippen molar-refractivity contribution < 1.29 is 0 Å². The van der Waals surface area contributed by atoms with Gasteiger partial charge in [-0.05, 0) is 55.9 Å². The van der Waals surface area contributed by atoms with Gasteiger partial charge in [-0.1, -0.05) is 12.1 Å². The molecule has 2 atom stereocenters. The van der Waals surface area contributed by atoms with Gasteiger partial charge in [-0.3, -0.25) is 0 Å². The van der Waals surface area contributed by atoms with Gasteiger partial charge in [0.25, 0.3) is 0 Å². The summed E-state index contributed by atoms with van der Waals surface area (Å²) >= 11 is 1.62. The zero-order chi connectivity index (χ0) is 12.5. The van der Waals surface area contributed by atoms with Crippen LogP contribution in [0.5, 0.6) is 0 Å². The SMILES string of the molecule is CC1CCC(CN)CN1c1snc2ccccc12. The number of benzene rings is 1. The molecule has 0 radical (unpaired) electrons. The van der Waals surface area contributed by atoms with Crippen LogP contribution in [0.1, 0.15) is 19.8 Å². The summed E-state index contributed by atoms with van der Waals surface area (Å²) in [5.41, 5.74) is 6.95. The fraction of sp³-hybridized carbons (Fsp3) is 0.500. The van der Waals surface area contributed by atoms with Crippen LogP contribution >= 0.6 is 11.5 Å². The quantitative estimate of drug-likeness (QED) is 0.904. The number of anilines is 1. The highest BCUT2D eigenvalue weighted by Gasteiger charge is 2.27. The van der Waals surface area contributed by atoms with Gasteiger partial charge in [-0.15, -0.1) is 0 Å². The molecular weight excluding hydrogens is 242 g/mol. The summed E-state index contributed by atoms with van der Waals surface area (Å²) in [4.78, 5) is 2.50. The lowest BCUT2D eigenvalue weighted by Gasteiger charge is -2.38. The summed E-state index contributed by atoms with van der Waals surface area (Å²) in [6.07, 6.45) is 2.49. The summed E-state index contributed by atoms with van der Waals surface area (Å²) in [5, 5.41) is 2.60. The molecule has 4 heteroatoms. The molecule has 18 heavy (non-hydrogen) atoms. The Morgan fingerprint density at radius 2 is 2.22 bits per heavy atom. The molecule has 0 bridgehead atoms. The minimum absolute atomic E-state index is 0.594. The van der Waals surface area contributed by atoms with Crippen LogP contribution in [0, 0.1) is 5.92 Å². The van der Waals surface area contributed by atoms with Gasteiger partial charge in [0, 0.05) is 18.0 Å². The van der Waals surface area contributed by atoms with Crippen LogP contribution in [-0.4, -0.2) is 23.5 Å². The molecule has 2 aromatic rings. The third kappa shape index (κ3) is 1.99. The summed E-state index contributed by atoms with van der Waals surface area (Å²) in [7, 11) is 0. The maximum Gasteiger partial charge on any atom is 0.120 e. The number of fused-ring (bicyclic) bond motifs is 1. The molecule has 3 rings (SSSR count). The minimum atomic E-state index is 0.594. The van der Waals surface area contributed by atoms with Crippen molar-refractivity contribution in [3.05, 3.63) is 24.3 Å². The Morgan fingerprint density at radius 1 is 1.39 bits per heavy atom. The van der Waals surface area contributed by atoms with Gasteiger partial charge in [0.2, 0.25) is 0 Å². The van der Waals surface area contributed by atoms with Crippen molar-refractivity contribution in [1.82, 2.24) is 4.37 Å². The molecule has 2 unspecified atom stereocenters. The van der Waals surface area contributed by atoms with Crippen LogP contribution in [-0.2, 0) is 0 Å². The molecule has 1 aromatic carbocycles. The molecule has 3 nitrogen and oxygen atoms in total. The molecule has 0 saturated carbocycles. The Balaban J connectivity index is 1.97. The van der Waals surface area contributed by atoms with Crippen molar-refractivity contribution in [2.75, 3.05) is 18.0 Å². The summed E-state index contributed by atoms with van der Waals surface area (Å²) in [6.45, 7) is 4.17. The lowest BCUT2D eigenvalue weighted by molar-refractivity contribution is 0.376. The van der Waals surface area contributed by atoms with E-state index in [4.69, 9.17) is 5.73 Å². The maximum atomic E-state index is 5.84. The zero-order valence-electron chi connectivity index (χ0n) is 10.7. The second-order valence-electron chi connectivity index (χ2n) is 5.19. The largest absolute Gasteiger partial charge is 0.359 e. The van der Waals surface area contributed by atoms with Gasteiger partial charge in [-0.2, -0.15) is 4.37 Å². The first-order chi connectivity index (χ1) is 8.79. The number of hydrogen-bond donors (Lipinski definition) is 1. The maximum absolute atomic E-state index is 5.84. The molecule has 0 spiro atoms. The summed E-state index contributed by atoms with van der Waals surface area (Å²) < 4.78 is 4.55. The van der Waals surface area contributed by atoms with Crippen LogP contribution in [0.4, 0.5) is 5.00 Å². The highest BCUT2D eigenvalue weighted by Crippen LogP contribution is 2.35. The van der Waals surface area contributed by atoms with Gasteiger partial charge in [0.1, 0.15) is 5.00 Å². The first kappa shape index (κ1) is 11.9. The first-order valence-electron chi connectivity index (χ1n) is 6.60. The highest BCUT2D eigenvalue weighted by molar-refractivity contribution is 7.11. The second-order valence-corrected chi connectivity index (χ2v) is 5.94. The van der Waals surface area contributed by atoms with Gasteiger partial charge < -0.3 is 10.6 Å². The number of piperidine rings is 1. The standard InChI is InChI=1S/C14H19N3S/c1-10-6-7-11(8-15)9-17(10)14-12-4-2-3-5-13(12)16-18-14/h2-5,10-11H,6-9,15H2,1H3. The minimum Gasteiger partial charge on any atom is -0.359 e. The van der Waals surface area contributed by atoms with Crippen molar-refractivity contribution in [3.8, 4) is 0 Å². The molecule has 1 aromatic heterocycles. The lowest BCUT2D eigenvalue weighted by atomic mass is 9.93. The van der Waals surface area contributed by atoms with Crippen LogP contribution in [0.25, 0.3) is 10.9 Å². The van der Waals surface area contributed by atoms with Crippen LogP contribution in [0.2, 0.25) is 0 Å². The topological polar surface area (TPSA) is 42.1 Å². The monoisotopic (exact) mass is 261 g/mol. The molecule has 1 saturated heterocycles. The molecule has 1 fully saturated rings. The molecular formula is C14H19N3S. The molecule has 0 aliphatic carbocycles. The third-order valence-electron chi connectivity index (χ3n) is 3.94. The van der Waals surface area contributed by atoms with E-state index in [0.717, 1.165) is 18.6 Å². The molecule has 1 aliphatic rings. The lowest BCUT2D eigenvalue weighted by Crippen LogP contribution is -2.43. The Kier molecular flexibility index (Phi) is 3.22. The van der Waals surface area contributed by atoms with E-state index in [1.165, 1.54) is 23.2 Å². The van der Waals surface area contributed by atoms with E-state index in [0.29, 0.717) is 12.0 Å². The normalized spacial score (nSPS) is 24.7. The smallest absolute Gasteiger partial charge is 0.120 e. The summed E-state index contributed by atoms with van der Waals surface area (Å²) in [6, 6.07) is 9.00. The fourth-order valence-electron chi connectivity index (χ4n) is 2.74. The van der Waals surface area contributed by atoms with Gasteiger partial charge >= 0.3 is 0 Å². The van der Waals surface area contributed by atoms with E-state index in [1.54, 1.807) is 11.5 Å². The molecule has 96 valence electrons. The van der Waals surface area contributed by atoms with Crippen molar-refractivity contribution in [3.63, 3.8) is 0 Å². The zero-order valence-corrected chi connectivity index (χ0v) is 11.5. The Morgan fingerprint density at radius 3 is 3.06 bits per heavy atom. The second kappa shape index (κ2) is 4.86. The molecule has 1 aliphatic heterocycles. The highest BCUT2D eigenvalue weighted by atomic mass is 32.1. The molecule has 2 heterocycles. The van der Waals surface area contributed by atoms with E-state index in [-0.39, 0.29) is 0 Å². The van der Waals surface area contributed by atoms with Crippen LogP contribution < -0.4 is 10.6 Å². The number of hydrogen-bond acceptors (Lipinski definition) is 4. The van der Waals surface area contributed by atoms with Crippen molar-refractivity contribution in [2.24, 2.45) is 11.7 Å². The number of nitrogens with zero attached hydrogens (tertiary/aromatic N) is 2. The van der Waals surface area contributed by atoms with Gasteiger partial charge in [0.15, 0.2) is 0 Å². The Labute approximate surface area is 112 Å². The van der Waals surface area contributed by atoms with Crippen molar-refractivity contribution >= 4 is 27.4 Å². The number of rotatable bonds is 2. The average molecular weight is 261 g/mol. The molecule has 2 N–H and O–H groups in total. The Hall–Kier alpha value is -1.13. The predicted molar refractivity (Wildman–Crippen MR) is 78.2 cm³/mol. The molecule has 0 amide bonds. The van der Waals surface area contributed by atoms with E-state index in [9.17, 15) is 0 Å². The Bertz CT molecular complexity index is 537. The number of aromatic nitrogens is 1. The average Bonchev–Trinajstić information content (AvgIpc) is 2.83. The van der Waals surface area contributed by atoms with Gasteiger partial charge in [-0.25, -0.2) is 0 Å². The third-order valence-corrected chi connectivity index (χ3v) is 4.85. The van der Waals surface area contributed by atoms with E-state index in [2.05, 4.69) is 34.4 Å². The van der Waals surface area contributed by atoms with Crippen LogP contribution in [0.3, 0.4) is 0 Å². The van der Waals surface area contributed by atoms with Gasteiger partial charge in [0.05, 0.1) is 5.52 Å². The van der Waals surface area contributed by atoms with Crippen molar-refractivity contribution in [2.45, 2.75) is 25.8 Å². The van der Waals surface area contributed by atoms with Crippen LogP contribution in [0.15, 0.2) is 24.3 Å². The number of nitrogens with two attached hydrogens (primary N) is 1. The predicted octanol–water partition coefficient (Wildman–Crippen LogP) is 2.86. The van der Waals surface area contributed by atoms with E-state index in [1.807, 2.05) is 6.07 Å². The first-order valence-corrected chi connectivity index (χ1v) is 7.38.